The van der Waals surface area contributed by atoms with Crippen molar-refractivity contribution in [3.63, 3.8) is 0 Å². The third-order valence-corrected chi connectivity index (χ3v) is 5.61. The van der Waals surface area contributed by atoms with Crippen molar-refractivity contribution in [3.8, 4) is 0 Å². The number of carbonyl (C=O) groups excluding carboxylic acids is 4. The van der Waals surface area contributed by atoms with E-state index in [1.165, 1.54) is 12.2 Å². The van der Waals surface area contributed by atoms with Crippen molar-refractivity contribution in [1.82, 2.24) is 0 Å². The Hall–Kier alpha value is -4.58. The van der Waals surface area contributed by atoms with Crippen LogP contribution in [0.25, 0.3) is 12.2 Å². The monoisotopic (exact) mass is 508 g/mol. The highest BCUT2D eigenvalue weighted by Crippen LogP contribution is 2.15. The summed E-state index contributed by atoms with van der Waals surface area (Å²) in [5.41, 5.74) is 3.85. The Balaban J connectivity index is 1.59. The molecule has 0 aliphatic rings. The van der Waals surface area contributed by atoms with Crippen molar-refractivity contribution in [2.75, 3.05) is 10.6 Å². The van der Waals surface area contributed by atoms with Gasteiger partial charge in [0.1, 0.15) is 0 Å². The summed E-state index contributed by atoms with van der Waals surface area (Å²) in [7, 11) is 0. The molecule has 38 heavy (non-hydrogen) atoms. The lowest BCUT2D eigenvalue weighted by Gasteiger charge is -2.05. The van der Waals surface area contributed by atoms with Gasteiger partial charge in [-0.3, -0.25) is 19.2 Å². The van der Waals surface area contributed by atoms with E-state index in [4.69, 9.17) is 0 Å². The number of rotatable bonds is 12. The van der Waals surface area contributed by atoms with Gasteiger partial charge in [0, 0.05) is 35.3 Å². The first-order chi connectivity index (χ1) is 18.4. The number of hydrogen-bond donors (Lipinski definition) is 2. The molecule has 6 nitrogen and oxygen atoms in total. The molecule has 0 aliphatic carbocycles. The summed E-state index contributed by atoms with van der Waals surface area (Å²) >= 11 is 0. The van der Waals surface area contributed by atoms with Gasteiger partial charge >= 0.3 is 0 Å². The van der Waals surface area contributed by atoms with Crippen molar-refractivity contribution in [3.05, 3.63) is 107 Å². The van der Waals surface area contributed by atoms with Crippen LogP contribution in [0.1, 0.15) is 71.4 Å². The molecule has 0 aliphatic heterocycles. The molecule has 0 radical (unpaired) electrons. The number of ketones is 2. The quantitative estimate of drug-likeness (QED) is 0.204. The molecule has 0 atom stereocenters. The predicted octanol–water partition coefficient (Wildman–Crippen LogP) is 6.96. The van der Waals surface area contributed by atoms with E-state index in [2.05, 4.69) is 10.6 Å². The molecule has 0 saturated heterocycles. The zero-order valence-corrected chi connectivity index (χ0v) is 21.7. The average Bonchev–Trinajstić information content (AvgIpc) is 2.91. The van der Waals surface area contributed by atoms with Crippen molar-refractivity contribution in [2.45, 2.75) is 39.5 Å². The van der Waals surface area contributed by atoms with Crippen LogP contribution in [0, 0.1) is 0 Å². The van der Waals surface area contributed by atoms with Crippen LogP contribution < -0.4 is 10.6 Å². The number of carbonyl (C=O) groups is 4. The van der Waals surface area contributed by atoms with Crippen LogP contribution in [0.2, 0.25) is 0 Å². The van der Waals surface area contributed by atoms with Crippen LogP contribution in [-0.4, -0.2) is 23.4 Å². The zero-order chi connectivity index (χ0) is 27.3. The van der Waals surface area contributed by atoms with E-state index in [1.807, 2.05) is 38.1 Å². The Morgan fingerprint density at radius 2 is 1.00 bits per heavy atom. The minimum atomic E-state index is -0.167. The van der Waals surface area contributed by atoms with E-state index in [0.717, 1.165) is 24.0 Å². The first kappa shape index (κ1) is 28.0. The molecule has 3 rings (SSSR count). The van der Waals surface area contributed by atoms with E-state index in [0.29, 0.717) is 35.3 Å². The Labute approximate surface area is 223 Å². The van der Waals surface area contributed by atoms with Gasteiger partial charge in [-0.25, -0.2) is 0 Å². The smallest absolute Gasteiger partial charge is 0.224 e. The zero-order valence-electron chi connectivity index (χ0n) is 21.7. The fourth-order valence-electron chi connectivity index (χ4n) is 3.66. The van der Waals surface area contributed by atoms with Gasteiger partial charge in [0.05, 0.1) is 0 Å². The number of hydrogen-bond acceptors (Lipinski definition) is 4. The van der Waals surface area contributed by atoms with Crippen LogP contribution in [0.15, 0.2) is 84.9 Å². The largest absolute Gasteiger partial charge is 0.326 e. The Bertz CT molecular complexity index is 1250. The fourth-order valence-corrected chi connectivity index (χ4v) is 3.66. The highest BCUT2D eigenvalue weighted by molar-refractivity contribution is 6.08. The lowest BCUT2D eigenvalue weighted by atomic mass is 10.1. The summed E-state index contributed by atoms with van der Waals surface area (Å²) in [6, 6.07) is 21.2. The first-order valence-corrected chi connectivity index (χ1v) is 12.7. The van der Waals surface area contributed by atoms with Crippen molar-refractivity contribution < 1.29 is 19.2 Å². The maximum atomic E-state index is 12.6. The normalized spacial score (nSPS) is 11.0. The maximum Gasteiger partial charge on any atom is 0.224 e. The summed E-state index contributed by atoms with van der Waals surface area (Å²) < 4.78 is 0. The predicted molar refractivity (Wildman–Crippen MR) is 153 cm³/mol. The topological polar surface area (TPSA) is 92.3 Å². The van der Waals surface area contributed by atoms with Gasteiger partial charge in [0.25, 0.3) is 0 Å². The molecule has 0 unspecified atom stereocenters. The lowest BCUT2D eigenvalue weighted by Crippen LogP contribution is -2.11. The van der Waals surface area contributed by atoms with Gasteiger partial charge in [0.15, 0.2) is 11.6 Å². The molecule has 0 fully saturated rings. The second kappa shape index (κ2) is 14.2. The molecule has 2 N–H and O–H groups in total. The first-order valence-electron chi connectivity index (χ1n) is 12.7. The molecular formula is C32H32N2O4. The van der Waals surface area contributed by atoms with E-state index in [9.17, 15) is 19.2 Å². The highest BCUT2D eigenvalue weighted by Gasteiger charge is 2.07. The SMILES string of the molecule is CCCC(=O)Nc1cccc(C(=O)C=Cc2ccc(C=CC(=O)c3cccc(NC(=O)CCC)c3)cc2)c1. The van der Waals surface area contributed by atoms with Crippen LogP contribution in [0.4, 0.5) is 11.4 Å². The molecule has 0 aromatic heterocycles. The number of nitrogens with one attached hydrogen (secondary N) is 2. The molecular weight excluding hydrogens is 476 g/mol. The summed E-state index contributed by atoms with van der Waals surface area (Å²) in [6.45, 7) is 3.87. The number of benzene rings is 3. The van der Waals surface area contributed by atoms with Crippen molar-refractivity contribution in [2.24, 2.45) is 0 Å². The van der Waals surface area contributed by atoms with Gasteiger partial charge in [-0.05, 0) is 60.4 Å². The van der Waals surface area contributed by atoms with Crippen molar-refractivity contribution >= 4 is 46.9 Å². The molecule has 0 heterocycles. The van der Waals surface area contributed by atoms with Gasteiger partial charge in [-0.15, -0.1) is 0 Å². The van der Waals surface area contributed by atoms with Crippen molar-refractivity contribution in [1.29, 1.82) is 0 Å². The van der Waals surface area contributed by atoms with E-state index >= 15 is 0 Å². The molecule has 0 spiro atoms. The Morgan fingerprint density at radius 3 is 1.37 bits per heavy atom. The molecule has 0 saturated carbocycles. The second-order valence-corrected chi connectivity index (χ2v) is 8.82. The molecule has 194 valence electrons. The van der Waals surface area contributed by atoms with Gasteiger partial charge in [0.2, 0.25) is 11.8 Å². The summed E-state index contributed by atoms with van der Waals surface area (Å²) in [4.78, 5) is 48.8. The third kappa shape index (κ3) is 8.82. The second-order valence-electron chi connectivity index (χ2n) is 8.82. The van der Waals surface area contributed by atoms with Crippen LogP contribution in [-0.2, 0) is 9.59 Å². The maximum absolute atomic E-state index is 12.6. The van der Waals surface area contributed by atoms with E-state index in [1.54, 1.807) is 60.7 Å². The number of amides is 2. The molecule has 6 heteroatoms. The third-order valence-electron chi connectivity index (χ3n) is 5.61. The van der Waals surface area contributed by atoms with Gasteiger partial charge in [-0.1, -0.05) is 74.5 Å². The number of allylic oxidation sites excluding steroid dienone is 2. The number of anilines is 2. The van der Waals surface area contributed by atoms with Crippen LogP contribution >= 0.6 is 0 Å². The lowest BCUT2D eigenvalue weighted by molar-refractivity contribution is -0.117. The van der Waals surface area contributed by atoms with E-state index < -0.39 is 0 Å². The molecule has 3 aromatic rings. The van der Waals surface area contributed by atoms with Gasteiger partial charge < -0.3 is 10.6 Å². The minimum absolute atomic E-state index is 0.0760. The summed E-state index contributed by atoms with van der Waals surface area (Å²) in [6.07, 6.45) is 8.81. The Kier molecular flexibility index (Phi) is 10.5. The molecule has 3 aromatic carbocycles. The van der Waals surface area contributed by atoms with Crippen LogP contribution in [0.3, 0.4) is 0 Å². The average molecular weight is 509 g/mol. The molecule has 2 amide bonds. The van der Waals surface area contributed by atoms with Gasteiger partial charge in [-0.2, -0.15) is 0 Å². The summed E-state index contributed by atoms with van der Waals surface area (Å²) in [5.74, 6) is -0.487. The Morgan fingerprint density at radius 1 is 0.605 bits per heavy atom. The summed E-state index contributed by atoms with van der Waals surface area (Å²) in [5, 5.41) is 5.60. The van der Waals surface area contributed by atoms with E-state index in [-0.39, 0.29) is 23.4 Å². The highest BCUT2D eigenvalue weighted by atomic mass is 16.2. The van der Waals surface area contributed by atoms with Crippen LogP contribution in [0.5, 0.6) is 0 Å². The fraction of sp³-hybridized carbons (Fsp3) is 0.188. The standard InChI is InChI=1S/C32H32N2O4/c1-3-7-31(37)33-27-11-5-9-25(21-27)29(35)19-17-23-13-15-24(16-14-23)18-20-30(36)26-10-6-12-28(22-26)34-32(38)8-4-2/h5-6,9-22H,3-4,7-8H2,1-2H3,(H,33,37)(H,34,38). The minimum Gasteiger partial charge on any atom is -0.326 e. The molecule has 0 bridgehead atoms.